The van der Waals surface area contributed by atoms with Gasteiger partial charge in [-0.2, -0.15) is 0 Å². The van der Waals surface area contributed by atoms with Crippen LogP contribution in [0.2, 0.25) is 0 Å². The predicted molar refractivity (Wildman–Crippen MR) is 142 cm³/mol. The standard InChI is InChI=1S/C28H47N3O5/c1-10-23(33)30-24(27(4,5)6)25(34)29-21(16-20-14-12-11-13-15-20)22(32)18-31(17-19(2)3)26(35)36-28(7,8)9/h11-15,19,21-22,24,32H,10,16-18H2,1-9H3,(H,29,34)(H,30,33)/t21-,22+,24+/m0/s1. The van der Waals surface area contributed by atoms with Crippen molar-refractivity contribution in [3.8, 4) is 0 Å². The van der Waals surface area contributed by atoms with Crippen LogP contribution >= 0.6 is 0 Å². The molecule has 1 aromatic rings. The van der Waals surface area contributed by atoms with E-state index in [2.05, 4.69) is 10.6 Å². The summed E-state index contributed by atoms with van der Waals surface area (Å²) in [6.45, 7) is 17.1. The Kier molecular flexibility index (Phi) is 11.9. The number of aliphatic hydroxyl groups excluding tert-OH is 1. The second-order valence-corrected chi connectivity index (χ2v) is 11.9. The molecule has 3 amide bonds. The molecule has 8 heteroatoms. The van der Waals surface area contributed by atoms with E-state index in [1.165, 1.54) is 4.90 Å². The number of benzene rings is 1. The molecule has 0 bridgehead atoms. The molecule has 0 spiro atoms. The topological polar surface area (TPSA) is 108 Å². The van der Waals surface area contributed by atoms with Crippen LogP contribution in [0.25, 0.3) is 0 Å². The molecule has 1 rings (SSSR count). The molecule has 0 aliphatic heterocycles. The number of carbonyl (C=O) groups is 3. The molecule has 0 fully saturated rings. The largest absolute Gasteiger partial charge is 0.444 e. The summed E-state index contributed by atoms with van der Waals surface area (Å²) in [6, 6.07) is 8.05. The van der Waals surface area contributed by atoms with Gasteiger partial charge in [0.1, 0.15) is 11.6 Å². The fourth-order valence-electron chi connectivity index (χ4n) is 3.70. The molecule has 0 radical (unpaired) electrons. The fourth-order valence-corrected chi connectivity index (χ4v) is 3.70. The Morgan fingerprint density at radius 2 is 1.56 bits per heavy atom. The number of rotatable bonds is 11. The molecule has 0 heterocycles. The summed E-state index contributed by atoms with van der Waals surface area (Å²) in [5.74, 6) is -0.448. The van der Waals surface area contributed by atoms with Crippen molar-refractivity contribution in [1.82, 2.24) is 15.5 Å². The number of amides is 3. The summed E-state index contributed by atoms with van der Waals surface area (Å²) in [5, 5.41) is 17.1. The lowest BCUT2D eigenvalue weighted by atomic mass is 9.85. The van der Waals surface area contributed by atoms with Crippen molar-refractivity contribution in [1.29, 1.82) is 0 Å². The first-order valence-electron chi connectivity index (χ1n) is 12.8. The molecule has 0 aliphatic carbocycles. The van der Waals surface area contributed by atoms with Crippen LogP contribution in [0.5, 0.6) is 0 Å². The van der Waals surface area contributed by atoms with Gasteiger partial charge in [-0.25, -0.2) is 4.79 Å². The van der Waals surface area contributed by atoms with Gasteiger partial charge in [0, 0.05) is 13.0 Å². The molecule has 204 valence electrons. The van der Waals surface area contributed by atoms with Crippen molar-refractivity contribution in [2.75, 3.05) is 13.1 Å². The van der Waals surface area contributed by atoms with E-state index in [4.69, 9.17) is 4.74 Å². The highest BCUT2D eigenvalue weighted by Crippen LogP contribution is 2.21. The lowest BCUT2D eigenvalue weighted by Gasteiger charge is -2.35. The average molecular weight is 506 g/mol. The van der Waals surface area contributed by atoms with Gasteiger partial charge in [0.2, 0.25) is 11.8 Å². The van der Waals surface area contributed by atoms with Gasteiger partial charge in [0.25, 0.3) is 0 Å². The molecule has 3 N–H and O–H groups in total. The van der Waals surface area contributed by atoms with Crippen LogP contribution in [0, 0.1) is 11.3 Å². The van der Waals surface area contributed by atoms with Gasteiger partial charge < -0.3 is 25.4 Å². The van der Waals surface area contributed by atoms with E-state index in [1.807, 2.05) is 65.0 Å². The second kappa shape index (κ2) is 13.6. The molecule has 0 aromatic heterocycles. The van der Waals surface area contributed by atoms with Crippen molar-refractivity contribution in [2.24, 2.45) is 11.3 Å². The number of nitrogens with one attached hydrogen (secondary N) is 2. The second-order valence-electron chi connectivity index (χ2n) is 11.9. The number of nitrogens with zero attached hydrogens (tertiary/aromatic N) is 1. The van der Waals surface area contributed by atoms with E-state index in [0.29, 0.717) is 13.0 Å². The van der Waals surface area contributed by atoms with Crippen LogP contribution in [0.15, 0.2) is 30.3 Å². The minimum Gasteiger partial charge on any atom is -0.444 e. The fraction of sp³-hybridized carbons (Fsp3) is 0.679. The zero-order chi connectivity index (χ0) is 27.7. The summed E-state index contributed by atoms with van der Waals surface area (Å²) in [6.07, 6.45) is -0.961. The molecule has 1 aromatic carbocycles. The van der Waals surface area contributed by atoms with Gasteiger partial charge in [-0.1, -0.05) is 71.9 Å². The predicted octanol–water partition coefficient (Wildman–Crippen LogP) is 3.91. The van der Waals surface area contributed by atoms with Crippen LogP contribution in [-0.2, 0) is 20.7 Å². The Morgan fingerprint density at radius 1 is 0.972 bits per heavy atom. The molecule has 3 atom stereocenters. The van der Waals surface area contributed by atoms with Crippen molar-refractivity contribution >= 4 is 17.9 Å². The Bertz CT molecular complexity index is 843. The summed E-state index contributed by atoms with van der Waals surface area (Å²) in [7, 11) is 0. The number of carbonyl (C=O) groups excluding carboxylic acids is 3. The molecule has 0 aliphatic rings. The minimum absolute atomic E-state index is 0.00756. The Morgan fingerprint density at radius 3 is 2.03 bits per heavy atom. The Labute approximate surface area is 217 Å². The maximum Gasteiger partial charge on any atom is 0.410 e. The van der Waals surface area contributed by atoms with Gasteiger partial charge >= 0.3 is 6.09 Å². The van der Waals surface area contributed by atoms with Gasteiger partial charge in [0.15, 0.2) is 0 Å². The summed E-state index contributed by atoms with van der Waals surface area (Å²) in [5.41, 5.74) is -0.289. The first kappa shape index (κ1) is 31.4. The highest BCUT2D eigenvalue weighted by Gasteiger charge is 2.35. The van der Waals surface area contributed by atoms with E-state index in [0.717, 1.165) is 5.56 Å². The van der Waals surface area contributed by atoms with Crippen molar-refractivity contribution in [2.45, 2.75) is 98.9 Å². The van der Waals surface area contributed by atoms with Gasteiger partial charge in [-0.3, -0.25) is 9.59 Å². The zero-order valence-electron chi connectivity index (χ0n) is 23.6. The van der Waals surface area contributed by atoms with Gasteiger partial charge in [-0.15, -0.1) is 0 Å². The number of ether oxygens (including phenoxy) is 1. The SMILES string of the molecule is CCC(=O)N[C@H](C(=O)N[C@@H](Cc1ccccc1)[C@H](O)CN(CC(C)C)C(=O)OC(C)(C)C)C(C)(C)C. The van der Waals surface area contributed by atoms with Crippen LogP contribution in [0.1, 0.15) is 74.3 Å². The summed E-state index contributed by atoms with van der Waals surface area (Å²) in [4.78, 5) is 39.9. The average Bonchev–Trinajstić information content (AvgIpc) is 2.74. The lowest BCUT2D eigenvalue weighted by Crippen LogP contribution is -2.59. The number of hydrogen-bond acceptors (Lipinski definition) is 5. The molecule has 36 heavy (non-hydrogen) atoms. The van der Waals surface area contributed by atoms with Gasteiger partial charge in [0.05, 0.1) is 18.7 Å². The number of aliphatic hydroxyl groups is 1. The van der Waals surface area contributed by atoms with Crippen molar-refractivity contribution in [3.05, 3.63) is 35.9 Å². The molecule has 8 nitrogen and oxygen atoms in total. The molecule has 0 saturated heterocycles. The van der Waals surface area contributed by atoms with Crippen molar-refractivity contribution < 1.29 is 24.2 Å². The first-order valence-corrected chi connectivity index (χ1v) is 12.8. The number of hydrogen-bond donors (Lipinski definition) is 3. The molecular formula is C28H47N3O5. The van der Waals surface area contributed by atoms with Crippen LogP contribution in [-0.4, -0.2) is 64.8 Å². The van der Waals surface area contributed by atoms with Gasteiger partial charge in [-0.05, 0) is 44.1 Å². The summed E-state index contributed by atoms with van der Waals surface area (Å²) >= 11 is 0. The maximum atomic E-state index is 13.4. The van der Waals surface area contributed by atoms with E-state index >= 15 is 0 Å². The third-order valence-electron chi connectivity index (χ3n) is 5.49. The van der Waals surface area contributed by atoms with E-state index < -0.39 is 35.3 Å². The maximum absolute atomic E-state index is 13.4. The minimum atomic E-state index is -1.07. The molecular weight excluding hydrogens is 458 g/mol. The third kappa shape index (κ3) is 11.4. The zero-order valence-corrected chi connectivity index (χ0v) is 23.6. The van der Waals surface area contributed by atoms with E-state index in [-0.39, 0.29) is 30.7 Å². The smallest absolute Gasteiger partial charge is 0.410 e. The molecule has 0 saturated carbocycles. The Balaban J connectivity index is 3.21. The van der Waals surface area contributed by atoms with E-state index in [9.17, 15) is 19.5 Å². The summed E-state index contributed by atoms with van der Waals surface area (Å²) < 4.78 is 5.56. The highest BCUT2D eigenvalue weighted by atomic mass is 16.6. The quantitative estimate of drug-likeness (QED) is 0.423. The lowest BCUT2D eigenvalue weighted by molar-refractivity contribution is -0.132. The Hall–Kier alpha value is -2.61. The van der Waals surface area contributed by atoms with Crippen LogP contribution in [0.4, 0.5) is 4.79 Å². The third-order valence-corrected chi connectivity index (χ3v) is 5.49. The first-order chi connectivity index (χ1) is 16.5. The van der Waals surface area contributed by atoms with Crippen LogP contribution in [0.3, 0.4) is 0 Å². The van der Waals surface area contributed by atoms with Crippen LogP contribution < -0.4 is 10.6 Å². The monoisotopic (exact) mass is 505 g/mol. The van der Waals surface area contributed by atoms with Crippen molar-refractivity contribution in [3.63, 3.8) is 0 Å². The van der Waals surface area contributed by atoms with E-state index in [1.54, 1.807) is 27.7 Å². The normalized spacial score (nSPS) is 14.5. The highest BCUT2D eigenvalue weighted by molar-refractivity contribution is 5.88. The molecule has 0 unspecified atom stereocenters.